The molecule has 1 aromatic carbocycles. The van der Waals surface area contributed by atoms with Gasteiger partial charge in [0.1, 0.15) is 11.5 Å². The van der Waals surface area contributed by atoms with Crippen molar-refractivity contribution in [2.75, 3.05) is 12.3 Å². The SMILES string of the molecule is Cc1ccc(-c2nn(CCCO)c(N)c2C=O)c(C)c1. The Morgan fingerprint density at radius 3 is 2.75 bits per heavy atom. The number of aliphatic hydroxyl groups is 1. The van der Waals surface area contributed by atoms with Crippen LogP contribution in [0.1, 0.15) is 27.9 Å². The van der Waals surface area contributed by atoms with Gasteiger partial charge in [0.2, 0.25) is 0 Å². The van der Waals surface area contributed by atoms with Crippen LogP contribution in [-0.4, -0.2) is 27.8 Å². The Kier molecular flexibility index (Phi) is 4.20. The highest BCUT2D eigenvalue weighted by Gasteiger charge is 2.17. The summed E-state index contributed by atoms with van der Waals surface area (Å²) < 4.78 is 1.58. The summed E-state index contributed by atoms with van der Waals surface area (Å²) in [6.07, 6.45) is 1.29. The molecule has 0 radical (unpaired) electrons. The number of hydrogen-bond donors (Lipinski definition) is 2. The molecule has 1 aromatic heterocycles. The molecule has 5 nitrogen and oxygen atoms in total. The number of aliphatic hydroxyl groups excluding tert-OH is 1. The van der Waals surface area contributed by atoms with Crippen molar-refractivity contribution in [1.82, 2.24) is 9.78 Å². The lowest BCUT2D eigenvalue weighted by atomic mass is 10.0. The second-order valence-electron chi connectivity index (χ2n) is 4.88. The maximum Gasteiger partial charge on any atom is 0.156 e. The topological polar surface area (TPSA) is 81.1 Å². The van der Waals surface area contributed by atoms with E-state index >= 15 is 0 Å². The molecule has 2 aromatic rings. The van der Waals surface area contributed by atoms with Gasteiger partial charge in [-0.15, -0.1) is 0 Å². The molecule has 3 N–H and O–H groups in total. The molecule has 0 saturated heterocycles. The van der Waals surface area contributed by atoms with Crippen LogP contribution < -0.4 is 5.73 Å². The molecule has 2 rings (SSSR count). The van der Waals surface area contributed by atoms with Gasteiger partial charge in [-0.2, -0.15) is 5.10 Å². The van der Waals surface area contributed by atoms with Crippen LogP contribution in [0, 0.1) is 13.8 Å². The monoisotopic (exact) mass is 273 g/mol. The standard InChI is InChI=1S/C15H19N3O2/c1-10-4-5-12(11(2)8-10)14-13(9-20)15(16)18(17-14)6-3-7-19/h4-5,8-9,19H,3,6-7,16H2,1-2H3. The number of hydrogen-bond acceptors (Lipinski definition) is 4. The average molecular weight is 273 g/mol. The minimum Gasteiger partial charge on any atom is -0.396 e. The molecule has 1 heterocycles. The highest BCUT2D eigenvalue weighted by Crippen LogP contribution is 2.29. The Balaban J connectivity index is 2.52. The van der Waals surface area contributed by atoms with Gasteiger partial charge < -0.3 is 10.8 Å². The molecule has 5 heteroatoms. The number of nitrogen functional groups attached to an aromatic ring is 1. The van der Waals surface area contributed by atoms with Crippen LogP contribution in [0.2, 0.25) is 0 Å². The van der Waals surface area contributed by atoms with E-state index in [1.165, 1.54) is 0 Å². The number of nitrogens with zero attached hydrogens (tertiary/aromatic N) is 2. The van der Waals surface area contributed by atoms with Crippen LogP contribution in [0.4, 0.5) is 5.82 Å². The Morgan fingerprint density at radius 2 is 2.15 bits per heavy atom. The second kappa shape index (κ2) is 5.88. The highest BCUT2D eigenvalue weighted by atomic mass is 16.3. The van der Waals surface area contributed by atoms with Crippen molar-refractivity contribution in [2.24, 2.45) is 0 Å². The number of carbonyl (C=O) groups is 1. The number of nitrogens with two attached hydrogens (primary N) is 1. The van der Waals surface area contributed by atoms with E-state index in [0.29, 0.717) is 30.0 Å². The Labute approximate surface area is 118 Å². The van der Waals surface area contributed by atoms with Crippen molar-refractivity contribution in [3.8, 4) is 11.3 Å². The van der Waals surface area contributed by atoms with E-state index in [-0.39, 0.29) is 6.61 Å². The smallest absolute Gasteiger partial charge is 0.156 e. The fraction of sp³-hybridized carbons (Fsp3) is 0.333. The summed E-state index contributed by atoms with van der Waals surface area (Å²) in [7, 11) is 0. The van der Waals surface area contributed by atoms with Crippen molar-refractivity contribution in [1.29, 1.82) is 0 Å². The maximum atomic E-state index is 11.3. The summed E-state index contributed by atoms with van der Waals surface area (Å²) in [5.74, 6) is 0.350. The molecule has 0 aliphatic carbocycles. The number of benzene rings is 1. The van der Waals surface area contributed by atoms with Gasteiger partial charge >= 0.3 is 0 Å². The fourth-order valence-electron chi connectivity index (χ4n) is 2.27. The molecule has 0 spiro atoms. The summed E-state index contributed by atoms with van der Waals surface area (Å²) in [5.41, 5.74) is 10.1. The number of aromatic nitrogens is 2. The summed E-state index contributed by atoms with van der Waals surface area (Å²) in [4.78, 5) is 11.3. The minimum atomic E-state index is 0.0641. The number of aryl methyl sites for hydroxylation is 3. The van der Waals surface area contributed by atoms with E-state index in [1.54, 1.807) is 4.68 Å². The minimum absolute atomic E-state index is 0.0641. The first-order valence-corrected chi connectivity index (χ1v) is 6.58. The van der Waals surface area contributed by atoms with Crippen LogP contribution in [0.25, 0.3) is 11.3 Å². The normalized spacial score (nSPS) is 10.8. The van der Waals surface area contributed by atoms with E-state index < -0.39 is 0 Å². The molecule has 0 unspecified atom stereocenters. The predicted molar refractivity (Wildman–Crippen MR) is 78.6 cm³/mol. The lowest BCUT2D eigenvalue weighted by Crippen LogP contribution is -2.06. The first-order valence-electron chi connectivity index (χ1n) is 6.58. The quantitative estimate of drug-likeness (QED) is 0.816. The molecule has 0 aliphatic rings. The number of carbonyl (C=O) groups excluding carboxylic acids is 1. The zero-order valence-electron chi connectivity index (χ0n) is 11.8. The van der Waals surface area contributed by atoms with Gasteiger partial charge in [0.05, 0.1) is 5.56 Å². The lowest BCUT2D eigenvalue weighted by molar-refractivity contribution is 0.112. The highest BCUT2D eigenvalue weighted by molar-refractivity contribution is 5.92. The van der Waals surface area contributed by atoms with Crippen LogP contribution in [0.5, 0.6) is 0 Å². The summed E-state index contributed by atoms with van der Waals surface area (Å²) >= 11 is 0. The number of rotatable bonds is 5. The van der Waals surface area contributed by atoms with Gasteiger partial charge in [-0.1, -0.05) is 23.8 Å². The van der Waals surface area contributed by atoms with Crippen molar-refractivity contribution < 1.29 is 9.90 Å². The van der Waals surface area contributed by atoms with Gasteiger partial charge in [0, 0.05) is 18.7 Å². The lowest BCUT2D eigenvalue weighted by Gasteiger charge is -2.04. The molecule has 106 valence electrons. The molecule has 0 atom stereocenters. The van der Waals surface area contributed by atoms with E-state index in [0.717, 1.165) is 23.0 Å². The maximum absolute atomic E-state index is 11.3. The zero-order chi connectivity index (χ0) is 14.7. The van der Waals surface area contributed by atoms with Gasteiger partial charge in [0.15, 0.2) is 6.29 Å². The third-order valence-electron chi connectivity index (χ3n) is 3.31. The third kappa shape index (κ3) is 2.58. The van der Waals surface area contributed by atoms with Gasteiger partial charge in [-0.05, 0) is 25.8 Å². The predicted octanol–water partition coefficient (Wildman–Crippen LogP) is 1.94. The molecular formula is C15H19N3O2. The van der Waals surface area contributed by atoms with Crippen LogP contribution in [0.15, 0.2) is 18.2 Å². The second-order valence-corrected chi connectivity index (χ2v) is 4.88. The largest absolute Gasteiger partial charge is 0.396 e. The van der Waals surface area contributed by atoms with Gasteiger partial charge in [0.25, 0.3) is 0 Å². The average Bonchev–Trinajstić information content (AvgIpc) is 2.72. The van der Waals surface area contributed by atoms with E-state index in [4.69, 9.17) is 10.8 Å². The van der Waals surface area contributed by atoms with Gasteiger partial charge in [-0.25, -0.2) is 4.68 Å². The van der Waals surface area contributed by atoms with E-state index in [1.807, 2.05) is 32.0 Å². The van der Waals surface area contributed by atoms with Crippen LogP contribution in [-0.2, 0) is 6.54 Å². The van der Waals surface area contributed by atoms with Crippen molar-refractivity contribution >= 4 is 12.1 Å². The Hall–Kier alpha value is -2.14. The van der Waals surface area contributed by atoms with Crippen molar-refractivity contribution in [2.45, 2.75) is 26.8 Å². The first kappa shape index (κ1) is 14.3. The van der Waals surface area contributed by atoms with Crippen molar-refractivity contribution in [3.63, 3.8) is 0 Å². The molecule has 0 bridgehead atoms. The molecule has 0 aliphatic heterocycles. The molecule has 0 amide bonds. The molecular weight excluding hydrogens is 254 g/mol. The van der Waals surface area contributed by atoms with Crippen molar-refractivity contribution in [3.05, 3.63) is 34.9 Å². The molecule has 0 fully saturated rings. The Morgan fingerprint density at radius 1 is 1.40 bits per heavy atom. The zero-order valence-corrected chi connectivity index (χ0v) is 11.8. The van der Waals surface area contributed by atoms with E-state index in [9.17, 15) is 4.79 Å². The molecule has 20 heavy (non-hydrogen) atoms. The summed E-state index contributed by atoms with van der Waals surface area (Å²) in [5, 5.41) is 13.3. The third-order valence-corrected chi connectivity index (χ3v) is 3.31. The van der Waals surface area contributed by atoms with Crippen LogP contribution in [0.3, 0.4) is 0 Å². The van der Waals surface area contributed by atoms with Crippen LogP contribution >= 0.6 is 0 Å². The summed E-state index contributed by atoms with van der Waals surface area (Å²) in [6, 6.07) is 5.99. The number of aldehydes is 1. The molecule has 0 saturated carbocycles. The Bertz CT molecular complexity index is 632. The van der Waals surface area contributed by atoms with Gasteiger partial charge in [-0.3, -0.25) is 4.79 Å². The fourth-order valence-corrected chi connectivity index (χ4v) is 2.27. The number of anilines is 1. The first-order chi connectivity index (χ1) is 9.58. The summed E-state index contributed by atoms with van der Waals surface area (Å²) in [6.45, 7) is 4.56. The van der Waals surface area contributed by atoms with E-state index in [2.05, 4.69) is 5.10 Å².